The quantitative estimate of drug-likeness (QED) is 0.0625. The predicted octanol–water partition coefficient (Wildman–Crippen LogP) is 11.4. The molecule has 14 nitrogen and oxygen atoms in total. The van der Waals surface area contributed by atoms with Crippen molar-refractivity contribution in [1.82, 2.24) is 19.7 Å². The molecule has 73 heavy (non-hydrogen) atoms. The highest BCUT2D eigenvalue weighted by atomic mass is 32.3. The van der Waals surface area contributed by atoms with Crippen LogP contribution in [0.15, 0.2) is 133 Å². The van der Waals surface area contributed by atoms with E-state index in [9.17, 15) is 14.3 Å². The summed E-state index contributed by atoms with van der Waals surface area (Å²) in [6.45, 7) is 10.2. The number of anilines is 3. The number of unbranched alkanes of at least 4 members (excludes halogenated alkanes) is 5. The lowest BCUT2D eigenvalue weighted by Crippen LogP contribution is -2.46. The summed E-state index contributed by atoms with van der Waals surface area (Å²) >= 11 is 0. The molecule has 3 aliphatic rings. The number of carboxylic acids is 1. The lowest BCUT2D eigenvalue weighted by atomic mass is 9.94. The zero-order valence-electron chi connectivity index (χ0n) is 41.7. The fourth-order valence-corrected chi connectivity index (χ4v) is 13.5. The second kappa shape index (κ2) is 23.0. The van der Waals surface area contributed by atoms with E-state index in [1.165, 1.54) is 55.2 Å². The summed E-state index contributed by atoms with van der Waals surface area (Å²) in [5.41, 5.74) is 2.82. The second-order valence-electron chi connectivity index (χ2n) is 19.2. The highest BCUT2D eigenvalue weighted by Gasteiger charge is 2.51. The first-order valence-electron chi connectivity index (χ1n) is 25.3. The van der Waals surface area contributed by atoms with Gasteiger partial charge in [-0.15, -0.1) is 0 Å². The molecular formula is C56H65F2N7O7S. The van der Waals surface area contributed by atoms with E-state index in [1.54, 1.807) is 18.2 Å². The van der Waals surface area contributed by atoms with Gasteiger partial charge in [0.2, 0.25) is 0 Å². The Morgan fingerprint density at radius 3 is 2.18 bits per heavy atom. The highest BCUT2D eigenvalue weighted by molar-refractivity contribution is 8.46. The Kier molecular flexibility index (Phi) is 16.2. The molecule has 6 aromatic rings. The van der Waals surface area contributed by atoms with Crippen molar-refractivity contribution in [2.45, 2.75) is 94.7 Å². The fraction of sp³-hybridized carbons (Fsp3) is 0.393. The minimum absolute atomic E-state index is 0.00648. The van der Waals surface area contributed by atoms with Crippen LogP contribution in [-0.4, -0.2) is 100 Å². The smallest absolute Gasteiger partial charge is 0.335 e. The molecule has 0 radical (unpaired) electrons. The van der Waals surface area contributed by atoms with Crippen LogP contribution in [0.3, 0.4) is 0 Å². The molecule has 4 atom stereocenters. The molecule has 17 heteroatoms. The van der Waals surface area contributed by atoms with Gasteiger partial charge in [-0.25, -0.2) is 23.2 Å². The maximum absolute atomic E-state index is 15.1. The monoisotopic (exact) mass is 1020 g/mol. The number of carbonyl (C=O) groups is 2. The van der Waals surface area contributed by atoms with Crippen molar-refractivity contribution in [1.29, 1.82) is 0 Å². The normalized spacial score (nSPS) is 21.9. The number of halogens is 2. The minimum Gasteiger partial charge on any atom is -0.494 e. The van der Waals surface area contributed by atoms with E-state index in [0.29, 0.717) is 18.1 Å². The molecule has 2 unspecified atom stereocenters. The maximum atomic E-state index is 15.1. The molecule has 3 aliphatic heterocycles. The Balaban J connectivity index is 0.846. The number of carbonyl (C=O) groups excluding carboxylic acids is 1. The number of hydrogen-bond acceptors (Lipinski definition) is 11. The van der Waals surface area contributed by atoms with Crippen LogP contribution in [0, 0.1) is 11.6 Å². The summed E-state index contributed by atoms with van der Waals surface area (Å²) in [5.74, 6) is -0.549. The Morgan fingerprint density at radius 2 is 1.52 bits per heavy atom. The number of piperazine rings is 1. The Labute approximate surface area is 427 Å². The van der Waals surface area contributed by atoms with E-state index in [4.69, 9.17) is 18.9 Å². The van der Waals surface area contributed by atoms with Crippen LogP contribution < -0.4 is 24.0 Å². The van der Waals surface area contributed by atoms with Gasteiger partial charge in [0.1, 0.15) is 48.0 Å². The Hall–Kier alpha value is -6.69. The summed E-state index contributed by atoms with van der Waals surface area (Å²) in [4.78, 5) is 38.7. The molecule has 0 saturated carbocycles. The van der Waals surface area contributed by atoms with Gasteiger partial charge in [0.25, 0.3) is 5.24 Å². The summed E-state index contributed by atoms with van der Waals surface area (Å²) in [5, 5.41) is 14.1. The third kappa shape index (κ3) is 11.7. The molecule has 0 spiro atoms. The number of rotatable bonds is 22. The van der Waals surface area contributed by atoms with Gasteiger partial charge >= 0.3 is 5.97 Å². The molecule has 1 amide bonds. The van der Waals surface area contributed by atoms with E-state index in [1.807, 2.05) is 73.3 Å². The average Bonchev–Trinajstić information content (AvgIpc) is 4.15. The van der Waals surface area contributed by atoms with Gasteiger partial charge in [-0.1, -0.05) is 67.4 Å². The zero-order valence-corrected chi connectivity index (χ0v) is 42.5. The van der Waals surface area contributed by atoms with Gasteiger partial charge in [0.15, 0.2) is 6.29 Å². The molecular weight excluding hydrogens is 953 g/mol. The van der Waals surface area contributed by atoms with Crippen LogP contribution in [0.4, 0.5) is 30.6 Å². The lowest BCUT2D eigenvalue weighted by molar-refractivity contribution is -0.117. The topological polar surface area (TPSA) is 144 Å². The van der Waals surface area contributed by atoms with Crippen molar-refractivity contribution < 1.29 is 42.4 Å². The lowest BCUT2D eigenvalue weighted by Gasteiger charge is -2.38. The largest absolute Gasteiger partial charge is 0.494 e. The van der Waals surface area contributed by atoms with E-state index in [-0.39, 0.29) is 48.2 Å². The summed E-state index contributed by atoms with van der Waals surface area (Å²) in [7, 11) is -2.41. The number of hydrogen-bond donors (Lipinski definition) is 2. The first-order valence-corrected chi connectivity index (χ1v) is 27.1. The molecule has 5 aromatic carbocycles. The van der Waals surface area contributed by atoms with Crippen molar-refractivity contribution in [3.05, 3.63) is 156 Å². The standard InChI is InChI=1S/C56H65F2N7O7S/c1-4-5-6-7-8-9-31-69-47-20-14-44(15-21-47)61-73(35-52(65(40(2)3)55(73)68)41-11-10-12-42(32-41)54(66)67)49-24-18-46(19-25-49)63-29-27-62(28-30-63)45-16-22-48(23-17-45)70-34-53-71-37-56(72-53,36-64-39-59-38-60-64)50-26-13-43(57)33-51(50)58/h10-26,32-33,38-40,52-53,61H,4-9,27-31,34-37H2,1-3H3,(H,66,67)/t52?,53-,56+/m0/s1. The zero-order chi connectivity index (χ0) is 51.0. The summed E-state index contributed by atoms with van der Waals surface area (Å²) < 4.78 is 58.7. The van der Waals surface area contributed by atoms with Crippen LogP contribution in [0.1, 0.15) is 86.8 Å². The average molecular weight is 1020 g/mol. The van der Waals surface area contributed by atoms with Crippen molar-refractivity contribution >= 4 is 38.5 Å². The SMILES string of the molecule is CCCCCCCCOc1ccc(NS2(c3ccc(N4CCN(c5ccc(OC[C@H]6OC[C@](Cn7cncn7)(c7ccc(F)cc7F)O6)cc5)CC4)cc3)CC(c3cccc(C(=O)O)c3)N(C(C)C)C2=O)cc1. The van der Waals surface area contributed by atoms with Crippen molar-refractivity contribution in [2.24, 2.45) is 0 Å². The van der Waals surface area contributed by atoms with Gasteiger partial charge in [-0.2, -0.15) is 5.10 Å². The molecule has 3 fully saturated rings. The number of aromatic nitrogens is 3. The second-order valence-corrected chi connectivity index (χ2v) is 22.0. The number of nitrogens with one attached hydrogen (secondary N) is 1. The van der Waals surface area contributed by atoms with E-state index >= 15 is 9.18 Å². The number of aromatic carboxylic acids is 1. The third-order valence-electron chi connectivity index (χ3n) is 13.9. The minimum atomic E-state index is -2.41. The number of nitrogens with zero attached hydrogens (tertiary/aromatic N) is 6. The van der Waals surface area contributed by atoms with Gasteiger partial charge in [-0.3, -0.25) is 4.79 Å². The van der Waals surface area contributed by atoms with Gasteiger partial charge in [0, 0.05) is 71.6 Å². The molecule has 0 bridgehead atoms. The fourth-order valence-electron chi connectivity index (χ4n) is 10.0. The van der Waals surface area contributed by atoms with Gasteiger partial charge < -0.3 is 43.5 Å². The maximum Gasteiger partial charge on any atom is 0.335 e. The van der Waals surface area contributed by atoms with Crippen LogP contribution in [0.25, 0.3) is 0 Å². The molecule has 9 rings (SSSR count). The van der Waals surface area contributed by atoms with E-state index < -0.39 is 39.7 Å². The first kappa shape index (κ1) is 51.2. The van der Waals surface area contributed by atoms with Crippen LogP contribution in [0.2, 0.25) is 0 Å². The van der Waals surface area contributed by atoms with E-state index in [2.05, 4.69) is 55.8 Å². The van der Waals surface area contributed by atoms with Gasteiger partial charge in [-0.05, 0) is 117 Å². The molecule has 0 aliphatic carbocycles. The van der Waals surface area contributed by atoms with Crippen molar-refractivity contribution in [3.8, 4) is 11.5 Å². The third-order valence-corrected chi connectivity index (χ3v) is 17.2. The number of ether oxygens (including phenoxy) is 4. The Morgan fingerprint density at radius 1 is 0.849 bits per heavy atom. The molecule has 2 N–H and O–H groups in total. The summed E-state index contributed by atoms with van der Waals surface area (Å²) in [6.07, 6.45) is 9.20. The molecule has 386 valence electrons. The summed E-state index contributed by atoms with van der Waals surface area (Å²) in [6, 6.07) is 34.1. The number of amides is 1. The molecule has 3 saturated heterocycles. The number of carboxylic acid groups (broad SMARTS) is 1. The highest BCUT2D eigenvalue weighted by Crippen LogP contribution is 2.65. The molecule has 4 heterocycles. The first-order chi connectivity index (χ1) is 35.4. The van der Waals surface area contributed by atoms with Gasteiger partial charge in [0.05, 0.1) is 31.4 Å². The molecule has 1 aromatic heterocycles. The van der Waals surface area contributed by atoms with Crippen molar-refractivity contribution in [2.75, 3.05) is 66.3 Å². The number of benzene rings is 5. The Bertz CT molecular complexity index is 2780. The van der Waals surface area contributed by atoms with Crippen LogP contribution in [0.5, 0.6) is 11.5 Å². The van der Waals surface area contributed by atoms with Crippen LogP contribution in [-0.2, 0) is 21.6 Å². The van der Waals surface area contributed by atoms with Crippen LogP contribution >= 0.6 is 10.2 Å². The predicted molar refractivity (Wildman–Crippen MR) is 280 cm³/mol. The van der Waals surface area contributed by atoms with Crippen molar-refractivity contribution in [3.63, 3.8) is 0 Å². The van der Waals surface area contributed by atoms with E-state index in [0.717, 1.165) is 78.4 Å².